The van der Waals surface area contributed by atoms with Crippen LogP contribution in [0.4, 0.5) is 8.78 Å². The summed E-state index contributed by atoms with van der Waals surface area (Å²) in [4.78, 5) is 0.585. The molecule has 0 aliphatic carbocycles. The highest BCUT2D eigenvalue weighted by atomic mass is 32.2. The molecule has 6 heteroatoms. The van der Waals surface area contributed by atoms with Crippen molar-refractivity contribution >= 4 is 10.8 Å². The van der Waals surface area contributed by atoms with Gasteiger partial charge in [-0.15, -0.1) is 0 Å². The van der Waals surface area contributed by atoms with E-state index in [4.69, 9.17) is 0 Å². The maximum Gasteiger partial charge on any atom is 0.387 e. The van der Waals surface area contributed by atoms with Gasteiger partial charge in [-0.2, -0.15) is 8.78 Å². The Morgan fingerprint density at radius 2 is 1.79 bits per heavy atom. The van der Waals surface area contributed by atoms with Crippen LogP contribution in [0.5, 0.6) is 5.75 Å². The van der Waals surface area contributed by atoms with Crippen LogP contribution < -0.4 is 4.74 Å². The minimum absolute atomic E-state index is 0. The first-order valence-electron chi connectivity index (χ1n) is 3.48. The van der Waals surface area contributed by atoms with Crippen LogP contribution in [-0.4, -0.2) is 22.6 Å². The highest BCUT2D eigenvalue weighted by molar-refractivity contribution is 7.84. The number of ether oxygens (including phenoxy) is 1. The van der Waals surface area contributed by atoms with Crippen molar-refractivity contribution in [3.8, 4) is 5.75 Å². The van der Waals surface area contributed by atoms with Gasteiger partial charge in [0.25, 0.3) is 0 Å². The molecule has 0 saturated carbocycles. The largest absolute Gasteiger partial charge is 0.435 e. The summed E-state index contributed by atoms with van der Waals surface area (Å²) >= 11 is 0. The monoisotopic (exact) mass is 224 g/mol. The van der Waals surface area contributed by atoms with Crippen LogP contribution in [0.25, 0.3) is 0 Å². The lowest BCUT2D eigenvalue weighted by molar-refractivity contribution is -0.0498. The molecule has 0 aliphatic rings. The third kappa shape index (κ3) is 3.80. The number of halogens is 2. The molecular formula is C8H10F2O3S. The summed E-state index contributed by atoms with van der Waals surface area (Å²) in [5.41, 5.74) is 0. The second-order valence-electron chi connectivity index (χ2n) is 2.30. The maximum atomic E-state index is 11.7. The lowest BCUT2D eigenvalue weighted by Crippen LogP contribution is -2.01. The number of hydrogen-bond donors (Lipinski definition) is 0. The van der Waals surface area contributed by atoms with Crippen LogP contribution >= 0.6 is 0 Å². The molecule has 0 fully saturated rings. The van der Waals surface area contributed by atoms with E-state index in [1.54, 1.807) is 0 Å². The Bertz CT molecular complexity index is 300. The van der Waals surface area contributed by atoms with E-state index < -0.39 is 17.4 Å². The lowest BCUT2D eigenvalue weighted by atomic mass is 10.3. The SMILES string of the molecule is CS(=O)c1ccc(OC(F)F)cc1.O. The average molecular weight is 224 g/mol. The quantitative estimate of drug-likeness (QED) is 0.774. The molecule has 2 N–H and O–H groups in total. The molecule has 0 aliphatic heterocycles. The van der Waals surface area contributed by atoms with E-state index in [0.29, 0.717) is 4.90 Å². The van der Waals surface area contributed by atoms with Crippen molar-refractivity contribution in [2.75, 3.05) is 6.26 Å². The van der Waals surface area contributed by atoms with E-state index in [-0.39, 0.29) is 11.2 Å². The molecule has 1 atom stereocenters. The van der Waals surface area contributed by atoms with Crippen molar-refractivity contribution in [2.45, 2.75) is 11.5 Å². The molecule has 1 rings (SSSR count). The summed E-state index contributed by atoms with van der Waals surface area (Å²) in [5, 5.41) is 0. The van der Waals surface area contributed by atoms with Gasteiger partial charge in [0.15, 0.2) is 0 Å². The molecule has 80 valence electrons. The molecule has 0 aromatic heterocycles. The van der Waals surface area contributed by atoms with Crippen LogP contribution in [0.1, 0.15) is 0 Å². The predicted molar refractivity (Wildman–Crippen MR) is 49.0 cm³/mol. The third-order valence-corrected chi connectivity index (χ3v) is 2.32. The summed E-state index contributed by atoms with van der Waals surface area (Å²) in [7, 11) is -1.09. The minimum Gasteiger partial charge on any atom is -0.435 e. The molecule has 0 radical (unpaired) electrons. The Balaban J connectivity index is 0.00000169. The molecular weight excluding hydrogens is 214 g/mol. The van der Waals surface area contributed by atoms with Gasteiger partial charge >= 0.3 is 6.61 Å². The topological polar surface area (TPSA) is 57.8 Å². The Kier molecular flexibility index (Phi) is 5.26. The Morgan fingerprint density at radius 3 is 2.14 bits per heavy atom. The van der Waals surface area contributed by atoms with Crippen molar-refractivity contribution < 1.29 is 23.2 Å². The van der Waals surface area contributed by atoms with Gasteiger partial charge in [0.2, 0.25) is 0 Å². The molecule has 1 aromatic carbocycles. The molecule has 0 heterocycles. The molecule has 0 bridgehead atoms. The summed E-state index contributed by atoms with van der Waals surface area (Å²) in [6, 6.07) is 5.72. The fourth-order valence-corrected chi connectivity index (χ4v) is 1.33. The van der Waals surface area contributed by atoms with Crippen molar-refractivity contribution in [1.29, 1.82) is 0 Å². The fourth-order valence-electron chi connectivity index (χ4n) is 0.813. The second-order valence-corrected chi connectivity index (χ2v) is 3.68. The third-order valence-electron chi connectivity index (χ3n) is 1.38. The fraction of sp³-hybridized carbons (Fsp3) is 0.250. The standard InChI is InChI=1S/C8H8F2O2S.H2O/c1-13(11)7-4-2-6(3-5-7)12-8(9)10;/h2-5,8H,1H3;1H2. The van der Waals surface area contributed by atoms with Gasteiger partial charge in [-0.25, -0.2) is 0 Å². The first-order valence-corrected chi connectivity index (χ1v) is 5.03. The van der Waals surface area contributed by atoms with Gasteiger partial charge in [-0.1, -0.05) is 0 Å². The van der Waals surface area contributed by atoms with E-state index >= 15 is 0 Å². The predicted octanol–water partition coefficient (Wildman–Crippen LogP) is 1.20. The van der Waals surface area contributed by atoms with Gasteiger partial charge in [0.05, 0.1) is 0 Å². The second kappa shape index (κ2) is 5.66. The Morgan fingerprint density at radius 1 is 1.29 bits per heavy atom. The van der Waals surface area contributed by atoms with Crippen LogP contribution in [0.2, 0.25) is 0 Å². The highest BCUT2D eigenvalue weighted by Gasteiger charge is 2.04. The van der Waals surface area contributed by atoms with E-state index in [2.05, 4.69) is 4.74 Å². The zero-order valence-electron chi connectivity index (χ0n) is 7.37. The van der Waals surface area contributed by atoms with Crippen molar-refractivity contribution in [2.24, 2.45) is 0 Å². The molecule has 0 spiro atoms. The molecule has 14 heavy (non-hydrogen) atoms. The maximum absolute atomic E-state index is 11.7. The average Bonchev–Trinajstić information content (AvgIpc) is 2.04. The van der Waals surface area contributed by atoms with Crippen molar-refractivity contribution in [1.82, 2.24) is 0 Å². The van der Waals surface area contributed by atoms with Crippen LogP contribution in [0.3, 0.4) is 0 Å². The summed E-state index contributed by atoms with van der Waals surface area (Å²) < 4.78 is 38.4. The lowest BCUT2D eigenvalue weighted by Gasteiger charge is -2.03. The first kappa shape index (κ1) is 13.0. The molecule has 0 amide bonds. The Labute approximate surface area is 82.5 Å². The summed E-state index contributed by atoms with van der Waals surface area (Å²) in [5.74, 6) is 0.0733. The normalized spacial score (nSPS) is 12.0. The highest BCUT2D eigenvalue weighted by Crippen LogP contribution is 2.16. The van der Waals surface area contributed by atoms with Gasteiger partial charge in [-0.05, 0) is 24.3 Å². The Hall–Kier alpha value is -1.01. The van der Waals surface area contributed by atoms with Crippen LogP contribution in [-0.2, 0) is 10.8 Å². The van der Waals surface area contributed by atoms with Crippen LogP contribution in [0.15, 0.2) is 29.2 Å². The molecule has 1 unspecified atom stereocenters. The summed E-state index contributed by atoms with van der Waals surface area (Å²) in [6.45, 7) is -2.82. The van der Waals surface area contributed by atoms with E-state index in [9.17, 15) is 13.0 Å². The van der Waals surface area contributed by atoms with E-state index in [0.717, 1.165) is 0 Å². The van der Waals surface area contributed by atoms with Gasteiger partial charge in [0, 0.05) is 22.0 Å². The van der Waals surface area contributed by atoms with Crippen molar-refractivity contribution in [3.63, 3.8) is 0 Å². The van der Waals surface area contributed by atoms with Crippen molar-refractivity contribution in [3.05, 3.63) is 24.3 Å². The smallest absolute Gasteiger partial charge is 0.387 e. The molecule has 0 saturated heterocycles. The zero-order valence-corrected chi connectivity index (χ0v) is 8.18. The summed E-state index contributed by atoms with van der Waals surface area (Å²) in [6.07, 6.45) is 1.52. The van der Waals surface area contributed by atoms with E-state index in [1.807, 2.05) is 0 Å². The first-order chi connectivity index (χ1) is 6.09. The van der Waals surface area contributed by atoms with Crippen LogP contribution in [0, 0.1) is 0 Å². The minimum atomic E-state index is -2.82. The van der Waals surface area contributed by atoms with Gasteiger partial charge in [-0.3, -0.25) is 4.21 Å². The number of alkyl halides is 2. The van der Waals surface area contributed by atoms with Gasteiger partial charge < -0.3 is 10.2 Å². The van der Waals surface area contributed by atoms with E-state index in [1.165, 1.54) is 30.5 Å². The number of hydrogen-bond acceptors (Lipinski definition) is 2. The molecule has 3 nitrogen and oxygen atoms in total. The number of rotatable bonds is 3. The van der Waals surface area contributed by atoms with Gasteiger partial charge in [0.1, 0.15) is 5.75 Å². The zero-order chi connectivity index (χ0) is 9.84. The number of benzene rings is 1. The molecule has 1 aromatic rings.